The van der Waals surface area contributed by atoms with Gasteiger partial charge in [0.1, 0.15) is 6.61 Å². The van der Waals surface area contributed by atoms with Gasteiger partial charge in [0, 0.05) is 21.7 Å². The molecule has 0 bridgehead atoms. The molecule has 1 amide bonds. The van der Waals surface area contributed by atoms with Crippen molar-refractivity contribution in [2.75, 3.05) is 26.0 Å². The topological polar surface area (TPSA) is 71.0 Å². The Hall–Kier alpha value is -2.70. The van der Waals surface area contributed by atoms with Gasteiger partial charge in [-0.2, -0.15) is 0 Å². The number of benzene rings is 2. The molecular formula is C22H24ClN3O3. The maximum atomic E-state index is 12.8. The average molecular weight is 414 g/mol. The fraction of sp³-hybridized carbons (Fsp3) is 0.318. The summed E-state index contributed by atoms with van der Waals surface area (Å²) in [5, 5.41) is 3.29. The number of benzodiazepines with no additional fused rings is 1. The van der Waals surface area contributed by atoms with Gasteiger partial charge in [0.05, 0.1) is 11.4 Å². The quantitative estimate of drug-likeness (QED) is 0.602. The van der Waals surface area contributed by atoms with Gasteiger partial charge in [-0.25, -0.2) is 4.79 Å². The predicted octanol–water partition coefficient (Wildman–Crippen LogP) is 3.38. The minimum Gasteiger partial charge on any atom is -0.462 e. The van der Waals surface area contributed by atoms with E-state index in [1.165, 1.54) is 0 Å². The third kappa shape index (κ3) is 4.66. The first-order chi connectivity index (χ1) is 13.7. The van der Waals surface area contributed by atoms with E-state index >= 15 is 0 Å². The molecule has 1 N–H and O–H groups in total. The van der Waals surface area contributed by atoms with E-state index in [9.17, 15) is 9.59 Å². The molecule has 2 aromatic rings. The van der Waals surface area contributed by atoms with Crippen LogP contribution in [0.3, 0.4) is 0 Å². The largest absolute Gasteiger partial charge is 0.462 e. The molecule has 3 rings (SSSR count). The Balaban J connectivity index is 1.99. The molecule has 0 spiro atoms. The number of halogens is 1. The lowest BCUT2D eigenvalue weighted by atomic mass is 10.0. The van der Waals surface area contributed by atoms with Crippen LogP contribution in [0.15, 0.2) is 53.5 Å². The first-order valence-electron chi connectivity index (χ1n) is 9.27. The van der Waals surface area contributed by atoms with Crippen molar-refractivity contribution in [2.24, 2.45) is 4.99 Å². The van der Waals surface area contributed by atoms with E-state index in [1.54, 1.807) is 18.2 Å². The van der Waals surface area contributed by atoms with Crippen LogP contribution < -0.4 is 5.32 Å². The van der Waals surface area contributed by atoms with E-state index in [1.807, 2.05) is 63.2 Å². The summed E-state index contributed by atoms with van der Waals surface area (Å²) < 4.78 is 5.47. The van der Waals surface area contributed by atoms with Crippen molar-refractivity contribution in [3.8, 4) is 0 Å². The third-order valence-corrected chi connectivity index (χ3v) is 5.29. The van der Waals surface area contributed by atoms with Crippen LogP contribution in [-0.2, 0) is 14.3 Å². The highest BCUT2D eigenvalue weighted by Crippen LogP contribution is 2.27. The number of aliphatic imine (C=N–C) groups is 1. The highest BCUT2D eigenvalue weighted by Gasteiger charge is 2.34. The van der Waals surface area contributed by atoms with Crippen LogP contribution in [0.25, 0.3) is 0 Å². The van der Waals surface area contributed by atoms with Crippen molar-refractivity contribution in [2.45, 2.75) is 25.4 Å². The van der Waals surface area contributed by atoms with Gasteiger partial charge in [0.25, 0.3) is 5.91 Å². The van der Waals surface area contributed by atoms with Crippen LogP contribution in [0.4, 0.5) is 5.69 Å². The lowest BCUT2D eigenvalue weighted by Crippen LogP contribution is -2.45. The number of hydrogen-bond donors (Lipinski definition) is 1. The van der Waals surface area contributed by atoms with E-state index < -0.39 is 17.9 Å². The minimum absolute atomic E-state index is 0.136. The highest BCUT2D eigenvalue weighted by molar-refractivity contribution is 6.32. The van der Waals surface area contributed by atoms with Crippen LogP contribution in [0.2, 0.25) is 5.02 Å². The van der Waals surface area contributed by atoms with Gasteiger partial charge < -0.3 is 15.0 Å². The minimum atomic E-state index is -1.31. The van der Waals surface area contributed by atoms with E-state index in [-0.39, 0.29) is 12.1 Å². The van der Waals surface area contributed by atoms with E-state index in [0.29, 0.717) is 22.0 Å². The van der Waals surface area contributed by atoms with Gasteiger partial charge in [-0.1, -0.05) is 41.9 Å². The van der Waals surface area contributed by atoms with Crippen molar-refractivity contribution < 1.29 is 14.3 Å². The van der Waals surface area contributed by atoms with Gasteiger partial charge in [-0.15, -0.1) is 0 Å². The molecule has 29 heavy (non-hydrogen) atoms. The lowest BCUT2D eigenvalue weighted by Gasteiger charge is -2.31. The van der Waals surface area contributed by atoms with Crippen LogP contribution >= 0.6 is 11.6 Å². The Kier molecular flexibility index (Phi) is 6.05. The summed E-state index contributed by atoms with van der Waals surface area (Å²) in [5.41, 5.74) is 2.11. The molecule has 1 aliphatic heterocycles. The number of hydrogen-bond acceptors (Lipinski definition) is 5. The van der Waals surface area contributed by atoms with Crippen LogP contribution in [0, 0.1) is 0 Å². The Bertz CT molecular complexity index is 955. The summed E-state index contributed by atoms with van der Waals surface area (Å²) in [6, 6.07) is 13.2. The SMILES string of the molecule is CN(C)C(C)(C)COC(=O)C1N=C(c2ccccc2)c2cc(Cl)ccc2NC1=O. The summed E-state index contributed by atoms with van der Waals surface area (Å²) in [6.07, 6.45) is 0. The number of likely N-dealkylation sites (N-methyl/N-ethyl adjacent to an activating group) is 1. The Morgan fingerprint density at radius 3 is 2.55 bits per heavy atom. The number of carbonyl (C=O) groups excluding carboxylic acids is 2. The molecule has 6 nitrogen and oxygen atoms in total. The van der Waals surface area contributed by atoms with Crippen molar-refractivity contribution in [3.63, 3.8) is 0 Å². The predicted molar refractivity (Wildman–Crippen MR) is 115 cm³/mol. The van der Waals surface area contributed by atoms with Crippen molar-refractivity contribution in [3.05, 3.63) is 64.7 Å². The second-order valence-electron chi connectivity index (χ2n) is 7.74. The Labute approximate surface area is 175 Å². The maximum absolute atomic E-state index is 12.8. The molecule has 7 heteroatoms. The highest BCUT2D eigenvalue weighted by atomic mass is 35.5. The molecule has 1 unspecified atom stereocenters. The molecule has 0 fully saturated rings. The number of fused-ring (bicyclic) bond motifs is 1. The molecule has 0 radical (unpaired) electrons. The van der Waals surface area contributed by atoms with Gasteiger partial charge in [0.2, 0.25) is 6.04 Å². The fourth-order valence-electron chi connectivity index (χ4n) is 2.72. The molecule has 0 saturated carbocycles. The standard InChI is InChI=1S/C22H24ClN3O3/c1-22(2,26(3)4)13-29-21(28)19-20(27)24-17-11-10-15(23)12-16(17)18(25-19)14-8-6-5-7-9-14/h5-12,19H,13H2,1-4H3,(H,24,27). The first kappa shape index (κ1) is 21.0. The number of anilines is 1. The van der Waals surface area contributed by atoms with E-state index in [4.69, 9.17) is 16.3 Å². The van der Waals surface area contributed by atoms with E-state index in [2.05, 4.69) is 10.3 Å². The molecule has 152 valence electrons. The average Bonchev–Trinajstić information content (AvgIpc) is 2.83. The zero-order chi connectivity index (χ0) is 21.2. The number of esters is 1. The molecular weight excluding hydrogens is 390 g/mol. The molecule has 1 heterocycles. The van der Waals surface area contributed by atoms with E-state index in [0.717, 1.165) is 5.56 Å². The summed E-state index contributed by atoms with van der Waals surface area (Å²) in [4.78, 5) is 32.0. The summed E-state index contributed by atoms with van der Waals surface area (Å²) in [6.45, 7) is 4.03. The number of rotatable bonds is 5. The van der Waals surface area contributed by atoms with Gasteiger partial charge >= 0.3 is 5.97 Å². The fourth-order valence-corrected chi connectivity index (χ4v) is 2.89. The zero-order valence-corrected chi connectivity index (χ0v) is 17.7. The second-order valence-corrected chi connectivity index (χ2v) is 8.18. The molecule has 2 aromatic carbocycles. The van der Waals surface area contributed by atoms with Crippen LogP contribution in [-0.4, -0.2) is 54.8 Å². The van der Waals surface area contributed by atoms with Gasteiger partial charge in [0.15, 0.2) is 0 Å². The zero-order valence-electron chi connectivity index (χ0n) is 16.9. The summed E-state index contributed by atoms with van der Waals surface area (Å²) >= 11 is 6.18. The number of nitrogens with zero attached hydrogens (tertiary/aromatic N) is 2. The second kappa shape index (κ2) is 8.35. The molecule has 0 aliphatic carbocycles. The summed E-state index contributed by atoms with van der Waals surface area (Å²) in [5.74, 6) is -1.23. The Morgan fingerprint density at radius 2 is 1.90 bits per heavy atom. The molecule has 0 aromatic heterocycles. The smallest absolute Gasteiger partial charge is 0.340 e. The first-order valence-corrected chi connectivity index (χ1v) is 9.65. The van der Waals surface area contributed by atoms with Crippen molar-refractivity contribution in [1.29, 1.82) is 0 Å². The maximum Gasteiger partial charge on any atom is 0.340 e. The number of carbonyl (C=O) groups is 2. The molecule has 1 aliphatic rings. The van der Waals surface area contributed by atoms with Gasteiger partial charge in [-0.3, -0.25) is 9.79 Å². The molecule has 0 saturated heterocycles. The van der Waals surface area contributed by atoms with Crippen molar-refractivity contribution in [1.82, 2.24) is 4.90 Å². The molecule has 1 atom stereocenters. The lowest BCUT2D eigenvalue weighted by molar-refractivity contribution is -0.150. The van der Waals surface area contributed by atoms with Gasteiger partial charge in [-0.05, 0) is 46.1 Å². The van der Waals surface area contributed by atoms with Crippen LogP contribution in [0.5, 0.6) is 0 Å². The number of nitrogens with one attached hydrogen (secondary N) is 1. The van der Waals surface area contributed by atoms with Crippen molar-refractivity contribution >= 4 is 34.9 Å². The number of amides is 1. The normalized spacial score (nSPS) is 16.6. The third-order valence-electron chi connectivity index (χ3n) is 5.05. The number of ether oxygens (including phenoxy) is 1. The monoisotopic (exact) mass is 413 g/mol. The summed E-state index contributed by atoms with van der Waals surface area (Å²) in [7, 11) is 3.80. The Morgan fingerprint density at radius 1 is 1.21 bits per heavy atom. The van der Waals surface area contributed by atoms with Crippen LogP contribution in [0.1, 0.15) is 25.0 Å².